The van der Waals surface area contributed by atoms with E-state index in [4.69, 9.17) is 5.11 Å². The van der Waals surface area contributed by atoms with Crippen molar-refractivity contribution in [3.8, 4) is 0 Å². The Hall–Kier alpha value is -2.32. The first kappa shape index (κ1) is 13.1. The molecule has 0 fully saturated rings. The lowest BCUT2D eigenvalue weighted by Crippen LogP contribution is -2.09. The molecule has 1 heterocycles. The molecule has 1 aromatic heterocycles. The second-order valence-electron chi connectivity index (χ2n) is 3.95. The van der Waals surface area contributed by atoms with Crippen molar-refractivity contribution in [1.82, 2.24) is 15.0 Å². The third kappa shape index (κ3) is 3.12. The number of aliphatic hydroxyl groups excluding tert-OH is 2. The maximum atomic E-state index is 10.5. The van der Waals surface area contributed by atoms with E-state index in [1.54, 1.807) is 0 Å². The van der Waals surface area contributed by atoms with E-state index < -0.39 is 11.0 Å². The van der Waals surface area contributed by atoms with Crippen molar-refractivity contribution in [1.29, 1.82) is 0 Å². The van der Waals surface area contributed by atoms with Crippen LogP contribution in [0.25, 0.3) is 0 Å². The third-order valence-electron chi connectivity index (χ3n) is 2.60. The SMILES string of the molecule is O=[N+]([O-])c1ccc([C@H](O)Cn2cc(CO)nn2)cc1. The van der Waals surface area contributed by atoms with Gasteiger partial charge in [-0.05, 0) is 17.7 Å². The fourth-order valence-corrected chi connectivity index (χ4v) is 1.60. The molecule has 0 aliphatic heterocycles. The zero-order chi connectivity index (χ0) is 13.8. The van der Waals surface area contributed by atoms with Gasteiger partial charge in [0, 0.05) is 12.1 Å². The van der Waals surface area contributed by atoms with E-state index in [9.17, 15) is 15.2 Å². The maximum Gasteiger partial charge on any atom is 0.269 e. The summed E-state index contributed by atoms with van der Waals surface area (Å²) in [6.07, 6.45) is 0.670. The van der Waals surface area contributed by atoms with E-state index >= 15 is 0 Å². The summed E-state index contributed by atoms with van der Waals surface area (Å²) in [5, 5.41) is 36.7. The summed E-state index contributed by atoms with van der Waals surface area (Å²) < 4.78 is 1.40. The summed E-state index contributed by atoms with van der Waals surface area (Å²) in [4.78, 5) is 10.0. The molecular formula is C11H12N4O4. The Morgan fingerprint density at radius 1 is 1.37 bits per heavy atom. The van der Waals surface area contributed by atoms with Crippen LogP contribution in [0, 0.1) is 10.1 Å². The highest BCUT2D eigenvalue weighted by molar-refractivity contribution is 5.33. The van der Waals surface area contributed by atoms with Gasteiger partial charge in [-0.1, -0.05) is 5.21 Å². The Morgan fingerprint density at radius 3 is 2.58 bits per heavy atom. The fraction of sp³-hybridized carbons (Fsp3) is 0.273. The second-order valence-corrected chi connectivity index (χ2v) is 3.95. The van der Waals surface area contributed by atoms with E-state index in [0.717, 1.165) is 0 Å². The van der Waals surface area contributed by atoms with E-state index in [1.165, 1.54) is 35.1 Å². The summed E-state index contributed by atoms with van der Waals surface area (Å²) in [6, 6.07) is 5.65. The molecule has 8 heteroatoms. The topological polar surface area (TPSA) is 114 Å². The van der Waals surface area contributed by atoms with Crippen LogP contribution >= 0.6 is 0 Å². The molecule has 19 heavy (non-hydrogen) atoms. The molecule has 0 radical (unpaired) electrons. The van der Waals surface area contributed by atoms with E-state index in [-0.39, 0.29) is 18.8 Å². The molecule has 0 saturated heterocycles. The van der Waals surface area contributed by atoms with Crippen LogP contribution in [0.15, 0.2) is 30.5 Å². The summed E-state index contributed by atoms with van der Waals surface area (Å²) in [6.45, 7) is -0.0571. The van der Waals surface area contributed by atoms with Gasteiger partial charge in [0.15, 0.2) is 0 Å². The number of nitro groups is 1. The summed E-state index contributed by atoms with van der Waals surface area (Å²) in [5.74, 6) is 0. The lowest BCUT2D eigenvalue weighted by molar-refractivity contribution is -0.384. The molecule has 0 aliphatic rings. The highest BCUT2D eigenvalue weighted by atomic mass is 16.6. The number of nitrogens with zero attached hydrogens (tertiary/aromatic N) is 4. The highest BCUT2D eigenvalue weighted by Gasteiger charge is 2.12. The van der Waals surface area contributed by atoms with Crippen LogP contribution in [0.5, 0.6) is 0 Å². The molecular weight excluding hydrogens is 252 g/mol. The Morgan fingerprint density at radius 2 is 2.05 bits per heavy atom. The fourth-order valence-electron chi connectivity index (χ4n) is 1.60. The number of hydrogen-bond acceptors (Lipinski definition) is 6. The standard InChI is InChI=1S/C11H12N4O4/c16-7-9-5-14(13-12-9)6-11(17)8-1-3-10(4-2-8)15(18)19/h1-5,11,16-17H,6-7H2/t11-/m1/s1. The smallest absolute Gasteiger partial charge is 0.269 e. The Kier molecular flexibility index (Phi) is 3.83. The largest absolute Gasteiger partial charge is 0.390 e. The molecule has 1 aromatic carbocycles. The van der Waals surface area contributed by atoms with Gasteiger partial charge in [-0.25, -0.2) is 4.68 Å². The van der Waals surface area contributed by atoms with Crippen LogP contribution in [-0.2, 0) is 13.2 Å². The lowest BCUT2D eigenvalue weighted by Gasteiger charge is -2.10. The Bertz CT molecular complexity index is 566. The molecule has 100 valence electrons. The van der Waals surface area contributed by atoms with Gasteiger partial charge in [-0.15, -0.1) is 5.10 Å². The minimum Gasteiger partial charge on any atom is -0.390 e. The number of benzene rings is 1. The quantitative estimate of drug-likeness (QED) is 0.597. The average molecular weight is 264 g/mol. The van der Waals surface area contributed by atoms with Gasteiger partial charge < -0.3 is 10.2 Å². The molecule has 0 saturated carbocycles. The average Bonchev–Trinajstić information content (AvgIpc) is 2.86. The second kappa shape index (κ2) is 5.55. The number of rotatable bonds is 5. The molecule has 2 rings (SSSR count). The number of aromatic nitrogens is 3. The first-order valence-corrected chi connectivity index (χ1v) is 5.52. The number of non-ortho nitro benzene ring substituents is 1. The Labute approximate surface area is 108 Å². The van der Waals surface area contributed by atoms with Crippen LogP contribution in [0.1, 0.15) is 17.4 Å². The van der Waals surface area contributed by atoms with Gasteiger partial charge in [0.25, 0.3) is 5.69 Å². The molecule has 2 aromatic rings. The van der Waals surface area contributed by atoms with E-state index in [0.29, 0.717) is 11.3 Å². The highest BCUT2D eigenvalue weighted by Crippen LogP contribution is 2.18. The van der Waals surface area contributed by atoms with Gasteiger partial charge in [-0.2, -0.15) is 0 Å². The van der Waals surface area contributed by atoms with Crippen molar-refractivity contribution in [3.63, 3.8) is 0 Å². The minimum atomic E-state index is -0.853. The summed E-state index contributed by atoms with van der Waals surface area (Å²) >= 11 is 0. The minimum absolute atomic E-state index is 0.0285. The number of aliphatic hydroxyl groups is 2. The molecule has 0 bridgehead atoms. The predicted molar refractivity (Wildman–Crippen MR) is 64.0 cm³/mol. The summed E-state index contributed by atoms with van der Waals surface area (Å²) in [7, 11) is 0. The van der Waals surface area contributed by atoms with Crippen molar-refractivity contribution < 1.29 is 15.1 Å². The lowest BCUT2D eigenvalue weighted by atomic mass is 10.1. The number of nitro benzene ring substituents is 1. The summed E-state index contributed by atoms with van der Waals surface area (Å²) in [5.41, 5.74) is 0.932. The molecule has 0 aliphatic carbocycles. The zero-order valence-corrected chi connectivity index (χ0v) is 9.88. The van der Waals surface area contributed by atoms with Crippen LogP contribution < -0.4 is 0 Å². The van der Waals surface area contributed by atoms with Crippen molar-refractivity contribution in [2.24, 2.45) is 0 Å². The maximum absolute atomic E-state index is 10.5. The molecule has 8 nitrogen and oxygen atoms in total. The van der Waals surface area contributed by atoms with Crippen molar-refractivity contribution in [2.75, 3.05) is 0 Å². The van der Waals surface area contributed by atoms with Crippen LogP contribution in [0.2, 0.25) is 0 Å². The van der Waals surface area contributed by atoms with Crippen molar-refractivity contribution in [3.05, 3.63) is 51.8 Å². The zero-order valence-electron chi connectivity index (χ0n) is 9.88. The Balaban J connectivity index is 2.06. The monoisotopic (exact) mass is 264 g/mol. The first-order valence-electron chi connectivity index (χ1n) is 5.52. The molecule has 0 spiro atoms. The van der Waals surface area contributed by atoms with Gasteiger partial charge in [0.1, 0.15) is 5.69 Å². The van der Waals surface area contributed by atoms with Gasteiger partial charge >= 0.3 is 0 Å². The third-order valence-corrected chi connectivity index (χ3v) is 2.60. The molecule has 0 unspecified atom stereocenters. The van der Waals surface area contributed by atoms with Crippen LogP contribution in [-0.4, -0.2) is 30.1 Å². The van der Waals surface area contributed by atoms with Crippen LogP contribution in [0.3, 0.4) is 0 Å². The molecule has 2 N–H and O–H groups in total. The first-order chi connectivity index (χ1) is 9.10. The van der Waals surface area contributed by atoms with E-state index in [1.807, 2.05) is 0 Å². The van der Waals surface area contributed by atoms with Crippen molar-refractivity contribution >= 4 is 5.69 Å². The molecule has 1 atom stereocenters. The normalized spacial score (nSPS) is 12.3. The van der Waals surface area contributed by atoms with Gasteiger partial charge in [-0.3, -0.25) is 10.1 Å². The molecule has 0 amide bonds. The predicted octanol–water partition coefficient (Wildman–Crippen LogP) is 0.412. The van der Waals surface area contributed by atoms with Crippen molar-refractivity contribution in [2.45, 2.75) is 19.3 Å². The van der Waals surface area contributed by atoms with E-state index in [2.05, 4.69) is 10.3 Å². The van der Waals surface area contributed by atoms with Gasteiger partial charge in [0.05, 0.1) is 30.4 Å². The van der Waals surface area contributed by atoms with Crippen LogP contribution in [0.4, 0.5) is 5.69 Å². The van der Waals surface area contributed by atoms with Gasteiger partial charge in [0.2, 0.25) is 0 Å². The number of hydrogen-bond donors (Lipinski definition) is 2.